The smallest absolute Gasteiger partial charge is 0.303 e. The molecule has 13 heteroatoms. The molecule has 2 aromatic heterocycles. The normalized spacial score (nSPS) is 26.9. The predicted molar refractivity (Wildman–Crippen MR) is 145 cm³/mol. The van der Waals surface area contributed by atoms with Gasteiger partial charge in [-0.25, -0.2) is 4.98 Å². The quantitative estimate of drug-likeness (QED) is 0.241. The molecule has 41 heavy (non-hydrogen) atoms. The number of esters is 3. The third-order valence-electron chi connectivity index (χ3n) is 8.11. The zero-order valence-electron chi connectivity index (χ0n) is 22.9. The number of ether oxygens (including phenoxy) is 4. The number of halogens is 1. The SMILES string of the molecule is CC(=O)OC[C@H]1O[C@@H](n2cnc3c(N4CCC5(CCc6ccccc65)C4)nc(Cl)nc32)C(OC(C)=O)C1OC(C)=O. The second-order valence-electron chi connectivity index (χ2n) is 10.8. The van der Waals surface area contributed by atoms with Gasteiger partial charge in [0.2, 0.25) is 5.28 Å². The van der Waals surface area contributed by atoms with Crippen LogP contribution in [0.25, 0.3) is 11.2 Å². The Kier molecular flexibility index (Phi) is 7.06. The molecule has 6 rings (SSSR count). The van der Waals surface area contributed by atoms with Crippen molar-refractivity contribution in [2.24, 2.45) is 0 Å². The molecule has 1 spiro atoms. The summed E-state index contributed by atoms with van der Waals surface area (Å²) in [5.74, 6) is -1.14. The maximum Gasteiger partial charge on any atom is 0.303 e. The first-order valence-electron chi connectivity index (χ1n) is 13.5. The first kappa shape index (κ1) is 27.4. The molecule has 2 aliphatic heterocycles. The fourth-order valence-electron chi connectivity index (χ4n) is 6.44. The molecule has 0 bridgehead atoms. The monoisotopic (exact) mass is 583 g/mol. The van der Waals surface area contributed by atoms with Gasteiger partial charge in [-0.15, -0.1) is 0 Å². The van der Waals surface area contributed by atoms with E-state index in [9.17, 15) is 14.4 Å². The lowest BCUT2D eigenvalue weighted by molar-refractivity contribution is -0.166. The summed E-state index contributed by atoms with van der Waals surface area (Å²) >= 11 is 6.46. The maximum absolute atomic E-state index is 12.1. The van der Waals surface area contributed by atoms with Crippen LogP contribution in [0.2, 0.25) is 5.28 Å². The van der Waals surface area contributed by atoms with E-state index in [-0.39, 0.29) is 17.3 Å². The molecule has 0 amide bonds. The number of aryl methyl sites for hydroxylation is 1. The average Bonchev–Trinajstić information content (AvgIpc) is 3.69. The van der Waals surface area contributed by atoms with Crippen LogP contribution in [0.1, 0.15) is 51.0 Å². The number of anilines is 1. The maximum atomic E-state index is 12.1. The fraction of sp³-hybridized carbons (Fsp3) is 0.500. The molecular formula is C28H30ClN5O7. The fourth-order valence-corrected chi connectivity index (χ4v) is 6.60. The Morgan fingerprint density at radius 1 is 1.05 bits per heavy atom. The van der Waals surface area contributed by atoms with Gasteiger partial charge in [-0.05, 0) is 42.0 Å². The van der Waals surface area contributed by atoms with Crippen molar-refractivity contribution in [3.8, 4) is 0 Å². The van der Waals surface area contributed by atoms with E-state index in [0.29, 0.717) is 17.0 Å². The first-order valence-corrected chi connectivity index (χ1v) is 13.9. The molecule has 0 N–H and O–H groups in total. The van der Waals surface area contributed by atoms with Crippen molar-refractivity contribution < 1.29 is 33.3 Å². The lowest BCUT2D eigenvalue weighted by atomic mass is 9.81. The summed E-state index contributed by atoms with van der Waals surface area (Å²) in [6, 6.07) is 8.60. The van der Waals surface area contributed by atoms with Crippen LogP contribution in [0.15, 0.2) is 30.6 Å². The average molecular weight is 584 g/mol. The summed E-state index contributed by atoms with van der Waals surface area (Å²) in [5, 5.41) is 0.0251. The number of imidazole rings is 1. The second-order valence-corrected chi connectivity index (χ2v) is 11.1. The van der Waals surface area contributed by atoms with Gasteiger partial charge >= 0.3 is 17.9 Å². The first-order chi connectivity index (χ1) is 19.6. The Labute approximate surface area is 240 Å². The summed E-state index contributed by atoms with van der Waals surface area (Å²) in [6.45, 7) is 5.07. The molecule has 12 nitrogen and oxygen atoms in total. The molecule has 2 fully saturated rings. The molecule has 3 aliphatic rings. The Balaban J connectivity index is 1.36. The number of benzene rings is 1. The van der Waals surface area contributed by atoms with Gasteiger partial charge in [-0.3, -0.25) is 19.0 Å². The van der Waals surface area contributed by atoms with Gasteiger partial charge in [0.05, 0.1) is 6.33 Å². The van der Waals surface area contributed by atoms with Crippen LogP contribution in [0.5, 0.6) is 0 Å². The lowest BCUT2D eigenvalue weighted by Crippen LogP contribution is -2.40. The minimum Gasteiger partial charge on any atom is -0.463 e. The Morgan fingerprint density at radius 3 is 2.56 bits per heavy atom. The van der Waals surface area contributed by atoms with Crippen molar-refractivity contribution >= 4 is 46.5 Å². The van der Waals surface area contributed by atoms with Crippen LogP contribution >= 0.6 is 11.6 Å². The van der Waals surface area contributed by atoms with Crippen LogP contribution < -0.4 is 4.90 Å². The number of carbonyl (C=O) groups is 3. The van der Waals surface area contributed by atoms with Crippen LogP contribution in [0, 0.1) is 0 Å². The van der Waals surface area contributed by atoms with Crippen LogP contribution in [-0.4, -0.2) is 75.4 Å². The van der Waals surface area contributed by atoms with Crippen molar-refractivity contribution in [2.75, 3.05) is 24.6 Å². The number of hydrogen-bond donors (Lipinski definition) is 0. The summed E-state index contributed by atoms with van der Waals surface area (Å²) < 4.78 is 24.0. The second kappa shape index (κ2) is 10.6. The number of hydrogen-bond acceptors (Lipinski definition) is 11. The number of nitrogens with zero attached hydrogens (tertiary/aromatic N) is 5. The number of rotatable bonds is 6. The van der Waals surface area contributed by atoms with E-state index in [2.05, 4.69) is 44.1 Å². The molecular weight excluding hydrogens is 554 g/mol. The van der Waals surface area contributed by atoms with Crippen molar-refractivity contribution in [1.82, 2.24) is 19.5 Å². The Hall–Kier alpha value is -3.77. The van der Waals surface area contributed by atoms with E-state index in [1.807, 2.05) is 0 Å². The third kappa shape index (κ3) is 4.99. The molecule has 1 aromatic carbocycles. The molecule has 2 saturated heterocycles. The molecule has 5 atom stereocenters. The van der Waals surface area contributed by atoms with Gasteiger partial charge in [-0.1, -0.05) is 24.3 Å². The third-order valence-corrected chi connectivity index (χ3v) is 8.27. The minimum atomic E-state index is -1.07. The highest BCUT2D eigenvalue weighted by atomic mass is 35.5. The highest BCUT2D eigenvalue weighted by Crippen LogP contribution is 2.47. The summed E-state index contributed by atoms with van der Waals surface area (Å²) in [4.78, 5) is 51.4. The van der Waals surface area contributed by atoms with Crippen molar-refractivity contribution in [2.45, 2.75) is 70.0 Å². The van der Waals surface area contributed by atoms with Crippen LogP contribution in [0.4, 0.5) is 5.82 Å². The number of fused-ring (bicyclic) bond motifs is 3. The molecule has 0 radical (unpaired) electrons. The van der Waals surface area contributed by atoms with E-state index in [0.717, 1.165) is 32.4 Å². The van der Waals surface area contributed by atoms with Crippen molar-refractivity contribution in [3.05, 3.63) is 47.0 Å². The lowest BCUT2D eigenvalue weighted by Gasteiger charge is -2.26. The predicted octanol–water partition coefficient (Wildman–Crippen LogP) is 2.90. The molecule has 3 unspecified atom stereocenters. The molecule has 216 valence electrons. The molecule has 1 aliphatic carbocycles. The zero-order chi connectivity index (χ0) is 28.9. The van der Waals surface area contributed by atoms with Crippen molar-refractivity contribution in [1.29, 1.82) is 0 Å². The molecule has 0 saturated carbocycles. The molecule has 4 heterocycles. The summed E-state index contributed by atoms with van der Waals surface area (Å²) in [7, 11) is 0. The van der Waals surface area contributed by atoms with Gasteiger partial charge in [0.1, 0.15) is 12.7 Å². The Bertz CT molecular complexity index is 1530. The van der Waals surface area contributed by atoms with Crippen molar-refractivity contribution in [3.63, 3.8) is 0 Å². The highest BCUT2D eigenvalue weighted by Gasteiger charge is 2.51. The van der Waals surface area contributed by atoms with E-state index >= 15 is 0 Å². The zero-order valence-corrected chi connectivity index (χ0v) is 23.7. The largest absolute Gasteiger partial charge is 0.463 e. The van der Waals surface area contributed by atoms with Gasteiger partial charge in [0.25, 0.3) is 0 Å². The van der Waals surface area contributed by atoms with E-state index in [1.165, 1.54) is 38.2 Å². The minimum absolute atomic E-state index is 0.0251. The van der Waals surface area contributed by atoms with E-state index < -0.39 is 42.4 Å². The van der Waals surface area contributed by atoms with Crippen LogP contribution in [0.3, 0.4) is 0 Å². The summed E-state index contributed by atoms with van der Waals surface area (Å²) in [5.41, 5.74) is 3.70. The van der Waals surface area contributed by atoms with E-state index in [4.69, 9.17) is 30.5 Å². The standard InChI is InChI=1S/C28H30ClN5O7/c1-15(35)38-12-20-22(39-16(2)36)23(40-17(3)37)26(41-20)34-14-30-21-24(31-27(29)32-25(21)34)33-11-10-28(13-33)9-8-18-6-4-5-7-19(18)28/h4-7,14,20,22-23,26H,8-13H2,1-3H3/t20-,22?,23?,26-,28?/m1/s1. The Morgan fingerprint density at radius 2 is 1.80 bits per heavy atom. The van der Waals surface area contributed by atoms with Crippen LogP contribution in [-0.2, 0) is 45.2 Å². The molecule has 3 aromatic rings. The number of aromatic nitrogens is 4. The number of carbonyl (C=O) groups excluding carboxylic acids is 3. The topological polar surface area (TPSA) is 135 Å². The van der Waals surface area contributed by atoms with Gasteiger partial charge in [0.15, 0.2) is 35.4 Å². The highest BCUT2D eigenvalue weighted by molar-refractivity contribution is 6.28. The summed E-state index contributed by atoms with van der Waals surface area (Å²) in [6.07, 6.45) is 0.582. The van der Waals surface area contributed by atoms with Gasteiger partial charge < -0.3 is 23.8 Å². The van der Waals surface area contributed by atoms with Gasteiger partial charge in [0, 0.05) is 39.3 Å². The van der Waals surface area contributed by atoms with E-state index in [1.54, 1.807) is 4.57 Å². The van der Waals surface area contributed by atoms with Gasteiger partial charge in [-0.2, -0.15) is 9.97 Å².